The van der Waals surface area contributed by atoms with E-state index in [1.54, 1.807) is 0 Å². The standard InChI is InChI=1S/C6H4BN6/c8-1-7-13-3-12-6-4(5(13)9)10-2-11-6/h2-3,9H,(H,10,11)/q-1. The number of aromatic amines is 1. The molecular formula is C6H4BN6-. The Hall–Kier alpha value is -2.10. The molecule has 2 aromatic rings. The first-order valence-electron chi connectivity index (χ1n) is 3.50. The van der Waals surface area contributed by atoms with Crippen LogP contribution >= 0.6 is 0 Å². The van der Waals surface area contributed by atoms with Crippen LogP contribution in [-0.2, 0) is 0 Å². The molecule has 6 nitrogen and oxygen atoms in total. The molecular weight excluding hydrogens is 167 g/mol. The highest BCUT2D eigenvalue weighted by Gasteiger charge is 1.96. The number of nitrogens with one attached hydrogen (secondary N) is 2. The van der Waals surface area contributed by atoms with E-state index < -0.39 is 0 Å². The summed E-state index contributed by atoms with van der Waals surface area (Å²) < 4.78 is 1.32. The molecule has 0 bridgehead atoms. The van der Waals surface area contributed by atoms with E-state index in [4.69, 9.17) is 10.7 Å². The van der Waals surface area contributed by atoms with E-state index in [0.717, 1.165) is 0 Å². The van der Waals surface area contributed by atoms with E-state index in [2.05, 4.69) is 15.0 Å². The number of H-pyrrole nitrogens is 1. The largest absolute Gasteiger partial charge is 0.542 e. The Morgan fingerprint density at radius 1 is 1.62 bits per heavy atom. The Labute approximate surface area is 73.6 Å². The molecule has 0 aromatic carbocycles. The van der Waals surface area contributed by atoms with Crippen LogP contribution in [0.1, 0.15) is 0 Å². The van der Waals surface area contributed by atoms with Gasteiger partial charge in [0.1, 0.15) is 11.0 Å². The minimum absolute atomic E-state index is 0.170. The van der Waals surface area contributed by atoms with Gasteiger partial charge in [-0.1, -0.05) is 7.41 Å². The monoisotopic (exact) mass is 171 g/mol. The van der Waals surface area contributed by atoms with Gasteiger partial charge >= 0.3 is 0 Å². The normalized spacial score (nSPS) is 10.1. The summed E-state index contributed by atoms with van der Waals surface area (Å²) in [4.78, 5) is 10.6. The lowest BCUT2D eigenvalue weighted by atomic mass is 9.98. The van der Waals surface area contributed by atoms with Crippen molar-refractivity contribution in [3.8, 4) is 5.97 Å². The maximum absolute atomic E-state index is 8.40. The fourth-order valence-electron chi connectivity index (χ4n) is 1.02. The molecule has 0 amide bonds. The van der Waals surface area contributed by atoms with Crippen molar-refractivity contribution in [2.24, 2.45) is 0 Å². The Kier molecular flexibility index (Phi) is 1.60. The number of rotatable bonds is 1. The van der Waals surface area contributed by atoms with Gasteiger partial charge in [0.05, 0.1) is 12.7 Å². The number of imidazole rings is 1. The van der Waals surface area contributed by atoms with Crippen molar-refractivity contribution in [2.45, 2.75) is 0 Å². The molecule has 0 aliphatic rings. The van der Waals surface area contributed by atoms with Crippen molar-refractivity contribution in [3.05, 3.63) is 18.1 Å². The zero-order valence-electron chi connectivity index (χ0n) is 6.52. The fourth-order valence-corrected chi connectivity index (χ4v) is 1.02. The van der Waals surface area contributed by atoms with Crippen molar-refractivity contribution in [2.75, 3.05) is 0 Å². The predicted octanol–water partition coefficient (Wildman–Crippen LogP) is -0.813. The molecule has 7 heteroatoms. The zero-order valence-corrected chi connectivity index (χ0v) is 6.52. The topological polar surface area (TPSA) is 94.1 Å². The van der Waals surface area contributed by atoms with Crippen LogP contribution in [0, 0.1) is 16.6 Å². The highest BCUT2D eigenvalue weighted by atomic mass is 15.0. The third-order valence-electron chi connectivity index (χ3n) is 1.62. The molecule has 2 radical (unpaired) electrons. The van der Waals surface area contributed by atoms with Crippen LogP contribution in [0.15, 0.2) is 12.7 Å². The SMILES string of the molecule is N#C[B-]n1cnc2nc[nH]c2c1=N. The van der Waals surface area contributed by atoms with Crippen LogP contribution < -0.4 is 5.49 Å². The first-order chi connectivity index (χ1) is 6.33. The second-order valence-corrected chi connectivity index (χ2v) is 2.36. The number of nitriles is 1. The molecule has 2 rings (SSSR count). The lowest BCUT2D eigenvalue weighted by Crippen LogP contribution is -2.24. The van der Waals surface area contributed by atoms with Crippen molar-refractivity contribution in [1.29, 1.82) is 10.7 Å². The van der Waals surface area contributed by atoms with Gasteiger partial charge in [-0.3, -0.25) is 10.7 Å². The van der Waals surface area contributed by atoms with Crippen molar-refractivity contribution in [1.82, 2.24) is 19.4 Å². The third kappa shape index (κ3) is 1.08. The Bertz CT molecular complexity index is 532. The molecule has 0 saturated heterocycles. The third-order valence-corrected chi connectivity index (χ3v) is 1.62. The molecule has 2 heterocycles. The average molecular weight is 171 g/mol. The molecule has 2 N–H and O–H groups in total. The van der Waals surface area contributed by atoms with E-state index in [1.165, 1.54) is 24.5 Å². The van der Waals surface area contributed by atoms with Crippen LogP contribution in [0.3, 0.4) is 0 Å². The van der Waals surface area contributed by atoms with Gasteiger partial charge in [0.15, 0.2) is 5.65 Å². The maximum Gasteiger partial charge on any atom is 0.182 e. The Morgan fingerprint density at radius 3 is 3.23 bits per heavy atom. The molecule has 0 aliphatic carbocycles. The molecule has 0 unspecified atom stereocenters. The van der Waals surface area contributed by atoms with E-state index >= 15 is 0 Å². The first-order valence-corrected chi connectivity index (χ1v) is 3.50. The first kappa shape index (κ1) is 7.55. The molecule has 0 saturated carbocycles. The summed E-state index contributed by atoms with van der Waals surface area (Å²) in [5.41, 5.74) is 1.17. The van der Waals surface area contributed by atoms with Gasteiger partial charge in [-0.05, 0) is 0 Å². The average Bonchev–Trinajstić information content (AvgIpc) is 2.58. The van der Waals surface area contributed by atoms with Crippen LogP contribution in [0.25, 0.3) is 11.2 Å². The number of nitrogens with zero attached hydrogens (tertiary/aromatic N) is 4. The lowest BCUT2D eigenvalue weighted by Gasteiger charge is -2.11. The quantitative estimate of drug-likeness (QED) is 0.549. The second-order valence-electron chi connectivity index (χ2n) is 2.36. The Morgan fingerprint density at radius 2 is 2.46 bits per heavy atom. The van der Waals surface area contributed by atoms with Crippen LogP contribution in [-0.4, -0.2) is 26.8 Å². The van der Waals surface area contributed by atoms with E-state index in [0.29, 0.717) is 11.2 Å². The predicted molar refractivity (Wildman–Crippen MR) is 44.5 cm³/mol. The van der Waals surface area contributed by atoms with Crippen LogP contribution in [0.4, 0.5) is 0 Å². The summed E-state index contributed by atoms with van der Waals surface area (Å²) in [6.07, 6.45) is 2.85. The van der Waals surface area contributed by atoms with Gasteiger partial charge in [0.2, 0.25) is 0 Å². The maximum atomic E-state index is 8.40. The summed E-state index contributed by atoms with van der Waals surface area (Å²) in [6.45, 7) is 0. The van der Waals surface area contributed by atoms with Gasteiger partial charge in [-0.2, -0.15) is 0 Å². The number of fused-ring (bicyclic) bond motifs is 1. The van der Waals surface area contributed by atoms with Gasteiger partial charge in [0, 0.05) is 0 Å². The van der Waals surface area contributed by atoms with E-state index in [-0.39, 0.29) is 5.49 Å². The van der Waals surface area contributed by atoms with Crippen molar-refractivity contribution < 1.29 is 0 Å². The van der Waals surface area contributed by atoms with Crippen LogP contribution in [0.2, 0.25) is 0 Å². The summed E-state index contributed by atoms with van der Waals surface area (Å²) in [6, 6.07) is 0. The molecule has 0 aliphatic heterocycles. The molecule has 2 aromatic heterocycles. The van der Waals surface area contributed by atoms with Crippen molar-refractivity contribution >= 4 is 18.6 Å². The molecule has 0 fully saturated rings. The molecule has 62 valence electrons. The zero-order chi connectivity index (χ0) is 9.26. The van der Waals surface area contributed by atoms with E-state index in [9.17, 15) is 0 Å². The minimum atomic E-state index is 0.170. The minimum Gasteiger partial charge on any atom is -0.542 e. The Balaban J connectivity index is 2.75. The summed E-state index contributed by atoms with van der Waals surface area (Å²) >= 11 is 0. The van der Waals surface area contributed by atoms with Gasteiger partial charge < -0.3 is 9.46 Å². The van der Waals surface area contributed by atoms with Gasteiger partial charge in [-0.25, -0.2) is 15.9 Å². The molecule has 0 spiro atoms. The summed E-state index contributed by atoms with van der Waals surface area (Å²) in [5.74, 6) is 1.83. The highest BCUT2D eigenvalue weighted by Crippen LogP contribution is 1.96. The second kappa shape index (κ2) is 2.75. The van der Waals surface area contributed by atoms with Gasteiger partial charge in [0.25, 0.3) is 0 Å². The number of hydrogen-bond donors (Lipinski definition) is 2. The van der Waals surface area contributed by atoms with Gasteiger partial charge in [-0.15, -0.1) is 0 Å². The lowest BCUT2D eigenvalue weighted by molar-refractivity contribution is 0.988. The van der Waals surface area contributed by atoms with E-state index in [1.807, 2.05) is 5.97 Å². The summed E-state index contributed by atoms with van der Waals surface area (Å²) in [5, 5.41) is 16.0. The molecule has 0 atom stereocenters. The number of hydrogen-bond acceptors (Lipinski definition) is 4. The number of aromatic nitrogens is 4. The highest BCUT2D eigenvalue weighted by molar-refractivity contribution is 6.43. The van der Waals surface area contributed by atoms with Crippen molar-refractivity contribution in [3.63, 3.8) is 0 Å². The molecule has 13 heavy (non-hydrogen) atoms. The summed E-state index contributed by atoms with van der Waals surface area (Å²) in [7, 11) is 1.20. The fraction of sp³-hybridized carbons (Fsp3) is 0. The van der Waals surface area contributed by atoms with Crippen LogP contribution in [0.5, 0.6) is 0 Å². The smallest absolute Gasteiger partial charge is 0.182 e.